The maximum atomic E-state index is 12.7. The predicted molar refractivity (Wildman–Crippen MR) is 113 cm³/mol. The molecule has 5 heteroatoms. The van der Waals surface area contributed by atoms with E-state index in [-0.39, 0.29) is 23.9 Å². The van der Waals surface area contributed by atoms with Gasteiger partial charge in [0.1, 0.15) is 17.2 Å². The van der Waals surface area contributed by atoms with E-state index in [0.29, 0.717) is 28.4 Å². The molecule has 0 saturated carbocycles. The van der Waals surface area contributed by atoms with Crippen LogP contribution in [0.1, 0.15) is 31.8 Å². The number of hydrogen-bond donors (Lipinski definition) is 0. The number of hydrogen-bond acceptors (Lipinski definition) is 5. The zero-order valence-electron chi connectivity index (χ0n) is 16.7. The number of aryl methyl sites for hydroxylation is 1. The molecule has 0 aliphatic carbocycles. The van der Waals surface area contributed by atoms with E-state index >= 15 is 0 Å². The summed E-state index contributed by atoms with van der Waals surface area (Å²) in [6.45, 7) is 1.70. The van der Waals surface area contributed by atoms with Gasteiger partial charge in [-0.3, -0.25) is 9.59 Å². The lowest BCUT2D eigenvalue weighted by Crippen LogP contribution is -2.11. The minimum atomic E-state index is -0.160. The molecule has 0 N–H and O–H groups in total. The van der Waals surface area contributed by atoms with Crippen LogP contribution in [0.3, 0.4) is 0 Å². The van der Waals surface area contributed by atoms with Gasteiger partial charge in [0, 0.05) is 11.6 Å². The standard InChI is InChI=1S/C25H20O5/c1-16-12-20(29-15-21(26)18-8-10-19(28-2)11-9-18)14-22-24(16)25(27)23(30-22)13-17-6-4-3-5-7-17/h3-14H,15H2,1-2H3/b23-13-. The van der Waals surface area contributed by atoms with E-state index in [4.69, 9.17) is 14.2 Å². The van der Waals surface area contributed by atoms with Crippen molar-refractivity contribution in [1.82, 2.24) is 0 Å². The lowest BCUT2D eigenvalue weighted by atomic mass is 10.0. The lowest BCUT2D eigenvalue weighted by molar-refractivity contribution is 0.0920. The second-order valence-corrected chi connectivity index (χ2v) is 6.90. The molecule has 0 unspecified atom stereocenters. The fourth-order valence-electron chi connectivity index (χ4n) is 3.27. The largest absolute Gasteiger partial charge is 0.497 e. The monoisotopic (exact) mass is 400 g/mol. The number of carbonyl (C=O) groups is 2. The summed E-state index contributed by atoms with van der Waals surface area (Å²) in [6.07, 6.45) is 1.72. The highest BCUT2D eigenvalue weighted by atomic mass is 16.5. The van der Waals surface area contributed by atoms with Crippen molar-refractivity contribution in [2.45, 2.75) is 6.92 Å². The summed E-state index contributed by atoms with van der Waals surface area (Å²) in [4.78, 5) is 25.1. The van der Waals surface area contributed by atoms with Gasteiger partial charge in [0.05, 0.1) is 12.7 Å². The Bertz CT molecular complexity index is 1130. The second-order valence-electron chi connectivity index (χ2n) is 6.90. The van der Waals surface area contributed by atoms with E-state index in [1.165, 1.54) is 0 Å². The maximum Gasteiger partial charge on any atom is 0.232 e. The molecular formula is C25H20O5. The van der Waals surface area contributed by atoms with Crippen molar-refractivity contribution in [3.05, 3.63) is 94.7 Å². The van der Waals surface area contributed by atoms with Gasteiger partial charge < -0.3 is 14.2 Å². The number of methoxy groups -OCH3 is 1. The predicted octanol–water partition coefficient (Wildman–Crippen LogP) is 4.88. The zero-order chi connectivity index (χ0) is 21.1. The second kappa shape index (κ2) is 8.25. The minimum absolute atomic E-state index is 0.120. The Labute approximate surface area is 174 Å². The SMILES string of the molecule is COc1ccc(C(=O)COc2cc(C)c3c(c2)O/C(=C\c2ccccc2)C3=O)cc1. The highest BCUT2D eigenvalue weighted by molar-refractivity contribution is 6.15. The van der Waals surface area contributed by atoms with Gasteiger partial charge in [0.15, 0.2) is 18.1 Å². The van der Waals surface area contributed by atoms with E-state index in [1.54, 1.807) is 49.6 Å². The van der Waals surface area contributed by atoms with Crippen molar-refractivity contribution in [2.24, 2.45) is 0 Å². The molecule has 0 fully saturated rings. The molecule has 5 nitrogen and oxygen atoms in total. The van der Waals surface area contributed by atoms with E-state index < -0.39 is 0 Å². The average Bonchev–Trinajstić information content (AvgIpc) is 3.08. The molecule has 30 heavy (non-hydrogen) atoms. The molecule has 0 radical (unpaired) electrons. The first-order valence-corrected chi connectivity index (χ1v) is 9.49. The van der Waals surface area contributed by atoms with Crippen LogP contribution in [0.4, 0.5) is 0 Å². The van der Waals surface area contributed by atoms with Gasteiger partial charge in [-0.25, -0.2) is 0 Å². The Kier molecular flexibility index (Phi) is 5.35. The number of allylic oxidation sites excluding steroid dienone is 1. The van der Waals surface area contributed by atoms with E-state index in [2.05, 4.69) is 0 Å². The van der Waals surface area contributed by atoms with Crippen molar-refractivity contribution >= 4 is 17.6 Å². The van der Waals surface area contributed by atoms with Crippen molar-refractivity contribution < 1.29 is 23.8 Å². The summed E-state index contributed by atoms with van der Waals surface area (Å²) in [7, 11) is 1.57. The van der Waals surface area contributed by atoms with Crippen LogP contribution in [0.15, 0.2) is 72.5 Å². The van der Waals surface area contributed by atoms with Crippen molar-refractivity contribution in [1.29, 1.82) is 0 Å². The van der Waals surface area contributed by atoms with Gasteiger partial charge in [0.25, 0.3) is 0 Å². The van der Waals surface area contributed by atoms with Crippen molar-refractivity contribution in [3.63, 3.8) is 0 Å². The molecule has 0 aromatic heterocycles. The minimum Gasteiger partial charge on any atom is -0.497 e. The van der Waals surface area contributed by atoms with Gasteiger partial charge in [-0.15, -0.1) is 0 Å². The molecule has 1 aliphatic rings. The third-order valence-corrected chi connectivity index (χ3v) is 4.82. The summed E-state index contributed by atoms with van der Waals surface area (Å²) < 4.78 is 16.6. The highest BCUT2D eigenvalue weighted by Crippen LogP contribution is 2.37. The third kappa shape index (κ3) is 3.96. The molecule has 1 aliphatic heterocycles. The van der Waals surface area contributed by atoms with Gasteiger partial charge in [0.2, 0.25) is 5.78 Å². The van der Waals surface area contributed by atoms with Gasteiger partial charge in [-0.05, 0) is 54.5 Å². The number of fused-ring (bicyclic) bond motifs is 1. The first-order valence-electron chi connectivity index (χ1n) is 9.49. The summed E-state index contributed by atoms with van der Waals surface area (Å²) in [5, 5.41) is 0. The van der Waals surface area contributed by atoms with Crippen LogP contribution >= 0.6 is 0 Å². The van der Waals surface area contributed by atoms with E-state index in [1.807, 2.05) is 37.3 Å². The molecule has 0 amide bonds. The maximum absolute atomic E-state index is 12.7. The summed E-state index contributed by atoms with van der Waals surface area (Å²) in [5.41, 5.74) is 2.67. The van der Waals surface area contributed by atoms with Crippen LogP contribution in [0.2, 0.25) is 0 Å². The van der Waals surface area contributed by atoms with Crippen LogP contribution in [0.5, 0.6) is 17.2 Å². The molecule has 150 valence electrons. The quantitative estimate of drug-likeness (QED) is 0.436. The molecule has 0 saturated heterocycles. The molecule has 4 rings (SSSR count). The van der Waals surface area contributed by atoms with Gasteiger partial charge in [-0.2, -0.15) is 0 Å². The van der Waals surface area contributed by atoms with Crippen LogP contribution in [-0.2, 0) is 0 Å². The molecule has 1 heterocycles. The van der Waals surface area contributed by atoms with Gasteiger partial charge in [-0.1, -0.05) is 30.3 Å². The number of rotatable bonds is 6. The number of Topliss-reactive ketones (excluding diaryl/α,β-unsaturated/α-hetero) is 2. The molecular weight excluding hydrogens is 380 g/mol. The molecule has 0 atom stereocenters. The van der Waals surface area contributed by atoms with E-state index in [0.717, 1.165) is 11.1 Å². The van der Waals surface area contributed by atoms with Gasteiger partial charge >= 0.3 is 0 Å². The Morgan fingerprint density at radius 1 is 1.00 bits per heavy atom. The molecule has 3 aromatic rings. The topological polar surface area (TPSA) is 61.8 Å². The Balaban J connectivity index is 1.49. The first kappa shape index (κ1) is 19.5. The van der Waals surface area contributed by atoms with Crippen LogP contribution in [-0.4, -0.2) is 25.3 Å². The third-order valence-electron chi connectivity index (χ3n) is 4.82. The Hall–Kier alpha value is -3.86. The highest BCUT2D eigenvalue weighted by Gasteiger charge is 2.30. The van der Waals surface area contributed by atoms with Crippen LogP contribution < -0.4 is 14.2 Å². The number of benzene rings is 3. The number of carbonyl (C=O) groups excluding carboxylic acids is 2. The average molecular weight is 400 g/mol. The summed E-state index contributed by atoms with van der Waals surface area (Å²) in [6, 6.07) is 19.8. The van der Waals surface area contributed by atoms with E-state index in [9.17, 15) is 9.59 Å². The summed E-state index contributed by atoms with van der Waals surface area (Å²) >= 11 is 0. The Morgan fingerprint density at radius 3 is 2.43 bits per heavy atom. The zero-order valence-corrected chi connectivity index (χ0v) is 16.7. The number of ether oxygens (including phenoxy) is 3. The lowest BCUT2D eigenvalue weighted by Gasteiger charge is -2.09. The molecule has 3 aromatic carbocycles. The van der Waals surface area contributed by atoms with Crippen LogP contribution in [0.25, 0.3) is 6.08 Å². The smallest absolute Gasteiger partial charge is 0.232 e. The molecule has 0 bridgehead atoms. The van der Waals surface area contributed by atoms with Crippen molar-refractivity contribution in [2.75, 3.05) is 13.7 Å². The summed E-state index contributed by atoms with van der Waals surface area (Å²) in [5.74, 6) is 1.55. The normalized spacial score (nSPS) is 13.7. The Morgan fingerprint density at radius 2 is 1.73 bits per heavy atom. The number of ketones is 2. The van der Waals surface area contributed by atoms with Crippen molar-refractivity contribution in [3.8, 4) is 17.2 Å². The fourth-order valence-corrected chi connectivity index (χ4v) is 3.27. The van der Waals surface area contributed by atoms with Crippen LogP contribution in [0, 0.1) is 6.92 Å². The first-order chi connectivity index (χ1) is 14.5. The molecule has 0 spiro atoms. The fraction of sp³-hybridized carbons (Fsp3) is 0.120.